The third-order valence-corrected chi connectivity index (χ3v) is 2.80. The van der Waals surface area contributed by atoms with E-state index in [1.807, 2.05) is 29.9 Å². The Morgan fingerprint density at radius 1 is 1.21 bits per heavy atom. The molecule has 6 heteroatoms. The van der Waals surface area contributed by atoms with Crippen LogP contribution in [0, 0.1) is 5.82 Å². The first kappa shape index (κ1) is 13.5. The van der Waals surface area contributed by atoms with Crippen LogP contribution in [0.2, 0.25) is 0 Å². The molecule has 0 aliphatic heterocycles. The first-order valence-electron chi connectivity index (χ1n) is 5.59. The van der Waals surface area contributed by atoms with Gasteiger partial charge in [-0.05, 0) is 30.3 Å². The molecule has 0 radical (unpaired) electrons. The lowest BCUT2D eigenvalue weighted by Gasteiger charge is -2.12. The van der Waals surface area contributed by atoms with Crippen molar-refractivity contribution in [2.75, 3.05) is 5.32 Å². The molecule has 2 nitrogen and oxygen atoms in total. The van der Waals surface area contributed by atoms with Crippen molar-refractivity contribution in [3.63, 3.8) is 0 Å². The lowest BCUT2D eigenvalue weighted by Crippen LogP contribution is -2.10. The second-order valence-corrected chi connectivity index (χ2v) is 4.16. The SMILES string of the molecule is Cn1cccc1CNc1ccc(F)c(C(F)(F)F)c1. The number of aromatic nitrogens is 1. The predicted molar refractivity (Wildman–Crippen MR) is 64.1 cm³/mol. The molecule has 0 spiro atoms. The Hall–Kier alpha value is -1.98. The highest BCUT2D eigenvalue weighted by Gasteiger charge is 2.34. The zero-order valence-electron chi connectivity index (χ0n) is 10.1. The first-order chi connectivity index (χ1) is 8.88. The summed E-state index contributed by atoms with van der Waals surface area (Å²) in [6.07, 6.45) is -2.85. The average molecular weight is 272 g/mol. The molecule has 1 aromatic heterocycles. The summed E-state index contributed by atoms with van der Waals surface area (Å²) in [6, 6.07) is 6.56. The number of alkyl halides is 3. The summed E-state index contributed by atoms with van der Waals surface area (Å²) in [5.41, 5.74) is -0.114. The third-order valence-electron chi connectivity index (χ3n) is 2.80. The van der Waals surface area contributed by atoms with Gasteiger partial charge in [-0.15, -0.1) is 0 Å². The predicted octanol–water partition coefficient (Wildman–Crippen LogP) is 3.80. The lowest BCUT2D eigenvalue weighted by molar-refractivity contribution is -0.139. The highest BCUT2D eigenvalue weighted by atomic mass is 19.4. The summed E-state index contributed by atoms with van der Waals surface area (Å²) in [5.74, 6) is -1.27. The molecule has 0 saturated carbocycles. The van der Waals surface area contributed by atoms with Gasteiger partial charge < -0.3 is 9.88 Å². The van der Waals surface area contributed by atoms with Crippen molar-refractivity contribution >= 4 is 5.69 Å². The molecule has 1 heterocycles. The van der Waals surface area contributed by atoms with Crippen LogP contribution in [0.25, 0.3) is 0 Å². The molecule has 0 amide bonds. The van der Waals surface area contributed by atoms with E-state index in [1.54, 1.807) is 0 Å². The number of nitrogens with one attached hydrogen (secondary N) is 1. The summed E-state index contributed by atoms with van der Waals surface area (Å²) in [5, 5.41) is 2.84. The fraction of sp³-hybridized carbons (Fsp3) is 0.231. The van der Waals surface area contributed by atoms with Gasteiger partial charge >= 0.3 is 6.18 Å². The standard InChI is InChI=1S/C13H12F4N2/c1-19-6-2-3-10(19)8-18-9-4-5-12(14)11(7-9)13(15,16)17/h2-7,18H,8H2,1H3. The normalized spacial score (nSPS) is 11.6. The number of halogens is 4. The summed E-state index contributed by atoms with van der Waals surface area (Å²) >= 11 is 0. The minimum absolute atomic E-state index is 0.231. The average Bonchev–Trinajstić information content (AvgIpc) is 2.72. The topological polar surface area (TPSA) is 17.0 Å². The number of rotatable bonds is 3. The Kier molecular flexibility index (Phi) is 3.50. The number of hydrogen-bond donors (Lipinski definition) is 1. The van der Waals surface area contributed by atoms with Crippen LogP contribution in [-0.2, 0) is 19.8 Å². The molecular formula is C13H12F4N2. The van der Waals surface area contributed by atoms with E-state index in [0.717, 1.165) is 17.8 Å². The van der Waals surface area contributed by atoms with Crippen molar-refractivity contribution in [3.8, 4) is 0 Å². The number of anilines is 1. The minimum atomic E-state index is -4.69. The van der Waals surface area contributed by atoms with E-state index in [0.29, 0.717) is 6.54 Å². The van der Waals surface area contributed by atoms with Gasteiger partial charge in [-0.25, -0.2) is 4.39 Å². The van der Waals surface area contributed by atoms with Gasteiger partial charge in [0, 0.05) is 24.6 Å². The van der Waals surface area contributed by atoms with Gasteiger partial charge in [0.2, 0.25) is 0 Å². The quantitative estimate of drug-likeness (QED) is 0.841. The molecule has 1 N–H and O–H groups in total. The highest BCUT2D eigenvalue weighted by Crippen LogP contribution is 2.33. The fourth-order valence-electron chi connectivity index (χ4n) is 1.73. The molecule has 0 unspecified atom stereocenters. The van der Waals surface area contributed by atoms with Crippen LogP contribution in [0.4, 0.5) is 23.2 Å². The van der Waals surface area contributed by atoms with Gasteiger partial charge in [0.1, 0.15) is 5.82 Å². The summed E-state index contributed by atoms with van der Waals surface area (Å²) in [4.78, 5) is 0. The fourth-order valence-corrected chi connectivity index (χ4v) is 1.73. The molecule has 102 valence electrons. The maximum atomic E-state index is 13.1. The Morgan fingerprint density at radius 3 is 2.53 bits per heavy atom. The van der Waals surface area contributed by atoms with Gasteiger partial charge in [0.15, 0.2) is 0 Å². The molecule has 19 heavy (non-hydrogen) atoms. The Morgan fingerprint density at radius 2 is 1.95 bits per heavy atom. The number of nitrogens with zero attached hydrogens (tertiary/aromatic N) is 1. The number of aryl methyl sites for hydroxylation is 1. The summed E-state index contributed by atoms with van der Waals surface area (Å²) in [7, 11) is 1.84. The number of hydrogen-bond acceptors (Lipinski definition) is 1. The van der Waals surface area contributed by atoms with Gasteiger partial charge in [-0.2, -0.15) is 13.2 Å². The van der Waals surface area contributed by atoms with E-state index >= 15 is 0 Å². The lowest BCUT2D eigenvalue weighted by atomic mass is 10.2. The minimum Gasteiger partial charge on any atom is -0.379 e. The second kappa shape index (κ2) is 4.95. The monoisotopic (exact) mass is 272 g/mol. The van der Waals surface area contributed by atoms with Gasteiger partial charge in [0.05, 0.1) is 12.1 Å². The summed E-state index contributed by atoms with van der Waals surface area (Å²) < 4.78 is 52.5. The summed E-state index contributed by atoms with van der Waals surface area (Å²) in [6.45, 7) is 0.367. The van der Waals surface area contributed by atoms with Crippen LogP contribution in [0.15, 0.2) is 36.5 Å². The van der Waals surface area contributed by atoms with Crippen molar-refractivity contribution in [2.45, 2.75) is 12.7 Å². The highest BCUT2D eigenvalue weighted by molar-refractivity contribution is 5.47. The molecule has 1 aromatic carbocycles. The Labute approximate surface area is 107 Å². The molecule has 2 aromatic rings. The van der Waals surface area contributed by atoms with E-state index in [4.69, 9.17) is 0 Å². The molecule has 0 saturated heterocycles. The molecule has 0 atom stereocenters. The zero-order valence-corrected chi connectivity index (χ0v) is 10.1. The van der Waals surface area contributed by atoms with E-state index in [2.05, 4.69) is 5.32 Å². The Bertz CT molecular complexity index is 572. The van der Waals surface area contributed by atoms with Gasteiger partial charge in [-0.1, -0.05) is 0 Å². The molecule has 0 aliphatic rings. The Balaban J connectivity index is 2.16. The maximum Gasteiger partial charge on any atom is 0.419 e. The largest absolute Gasteiger partial charge is 0.419 e. The maximum absolute atomic E-state index is 13.1. The van der Waals surface area contributed by atoms with Crippen molar-refractivity contribution in [2.24, 2.45) is 7.05 Å². The molecule has 0 fully saturated rings. The first-order valence-corrected chi connectivity index (χ1v) is 5.59. The van der Waals surface area contributed by atoms with Crippen molar-refractivity contribution in [1.82, 2.24) is 4.57 Å². The number of benzene rings is 1. The zero-order chi connectivity index (χ0) is 14.0. The molecule has 0 bridgehead atoms. The third kappa shape index (κ3) is 3.07. The van der Waals surface area contributed by atoms with Crippen LogP contribution in [-0.4, -0.2) is 4.57 Å². The van der Waals surface area contributed by atoms with Crippen molar-refractivity contribution < 1.29 is 17.6 Å². The van der Waals surface area contributed by atoms with Gasteiger partial charge in [0.25, 0.3) is 0 Å². The van der Waals surface area contributed by atoms with Crippen LogP contribution in [0.5, 0.6) is 0 Å². The smallest absolute Gasteiger partial charge is 0.379 e. The molecule has 0 aliphatic carbocycles. The molecular weight excluding hydrogens is 260 g/mol. The van der Waals surface area contributed by atoms with Crippen LogP contribution in [0.1, 0.15) is 11.3 Å². The second-order valence-electron chi connectivity index (χ2n) is 4.16. The van der Waals surface area contributed by atoms with Crippen LogP contribution >= 0.6 is 0 Å². The van der Waals surface area contributed by atoms with Crippen molar-refractivity contribution in [3.05, 3.63) is 53.6 Å². The van der Waals surface area contributed by atoms with E-state index < -0.39 is 17.6 Å². The van der Waals surface area contributed by atoms with E-state index in [1.165, 1.54) is 6.07 Å². The molecule has 2 rings (SSSR count). The van der Waals surface area contributed by atoms with Crippen LogP contribution < -0.4 is 5.32 Å². The van der Waals surface area contributed by atoms with Crippen molar-refractivity contribution in [1.29, 1.82) is 0 Å². The van der Waals surface area contributed by atoms with Crippen LogP contribution in [0.3, 0.4) is 0 Å². The van der Waals surface area contributed by atoms with E-state index in [9.17, 15) is 17.6 Å². The van der Waals surface area contributed by atoms with Gasteiger partial charge in [-0.3, -0.25) is 0 Å². The van der Waals surface area contributed by atoms with E-state index in [-0.39, 0.29) is 5.69 Å².